The van der Waals surface area contributed by atoms with Crippen molar-refractivity contribution in [2.45, 2.75) is 11.6 Å². The molecule has 1 aliphatic rings. The van der Waals surface area contributed by atoms with Gasteiger partial charge in [-0.1, -0.05) is 78.9 Å². The molecule has 1 aliphatic heterocycles. The van der Waals surface area contributed by atoms with E-state index in [1.54, 1.807) is 48.5 Å². The number of rotatable bonds is 4. The molecule has 128 valence electrons. The number of carboxylic acids is 1. The predicted octanol–water partition coefficient (Wildman–Crippen LogP) is 3.86. The Bertz CT molecular complexity index is 941. The summed E-state index contributed by atoms with van der Waals surface area (Å²) in [5.41, 5.74) is 0.497. The zero-order valence-electron chi connectivity index (χ0n) is 13.9. The Morgan fingerprint density at radius 2 is 1.27 bits per heavy atom. The molecular weight excluding hydrogens is 326 g/mol. The summed E-state index contributed by atoms with van der Waals surface area (Å²) < 4.78 is 0. The van der Waals surface area contributed by atoms with Gasteiger partial charge in [-0.05, 0) is 23.3 Å². The van der Waals surface area contributed by atoms with Crippen molar-refractivity contribution in [3.8, 4) is 0 Å². The first-order valence-electron chi connectivity index (χ1n) is 8.40. The van der Waals surface area contributed by atoms with Gasteiger partial charge in [0.2, 0.25) is 0 Å². The fraction of sp³-hybridized carbons (Fsp3) is 0.0909. The number of benzene rings is 3. The number of hydrogen-bond donors (Lipinski definition) is 1. The first-order chi connectivity index (χ1) is 12.7. The minimum Gasteiger partial charge on any atom is -0.479 e. The number of nitrogens with zero attached hydrogens (tertiary/aromatic N) is 1. The third kappa shape index (κ3) is 2.30. The molecule has 0 aliphatic carbocycles. The molecule has 3 aromatic rings. The van der Waals surface area contributed by atoms with Crippen molar-refractivity contribution in [1.29, 1.82) is 0 Å². The van der Waals surface area contributed by atoms with Crippen molar-refractivity contribution in [3.05, 3.63) is 108 Å². The van der Waals surface area contributed by atoms with Crippen LogP contribution < -0.4 is 0 Å². The molecule has 2 atom stereocenters. The van der Waals surface area contributed by atoms with E-state index in [-0.39, 0.29) is 5.91 Å². The van der Waals surface area contributed by atoms with Gasteiger partial charge in [0, 0.05) is 5.56 Å². The van der Waals surface area contributed by atoms with Gasteiger partial charge in [-0.2, -0.15) is 0 Å². The second-order valence-corrected chi connectivity index (χ2v) is 6.29. The maximum absolute atomic E-state index is 13.1. The van der Waals surface area contributed by atoms with Gasteiger partial charge in [-0.3, -0.25) is 4.79 Å². The molecule has 1 saturated heterocycles. The van der Waals surface area contributed by atoms with Gasteiger partial charge in [0.1, 0.15) is 0 Å². The number of aliphatic carboxylic acids is 1. The van der Waals surface area contributed by atoms with Crippen LogP contribution in [0.3, 0.4) is 0 Å². The second-order valence-electron chi connectivity index (χ2n) is 6.29. The predicted molar refractivity (Wildman–Crippen MR) is 97.6 cm³/mol. The average molecular weight is 343 g/mol. The zero-order valence-corrected chi connectivity index (χ0v) is 13.9. The van der Waals surface area contributed by atoms with Crippen LogP contribution in [0.15, 0.2) is 91.0 Å². The lowest BCUT2D eigenvalue weighted by Crippen LogP contribution is -2.30. The van der Waals surface area contributed by atoms with E-state index in [4.69, 9.17) is 0 Å². The Hall–Kier alpha value is -3.40. The van der Waals surface area contributed by atoms with Gasteiger partial charge in [0.15, 0.2) is 5.54 Å². The van der Waals surface area contributed by atoms with Crippen molar-refractivity contribution >= 4 is 11.9 Å². The van der Waals surface area contributed by atoms with E-state index in [0.717, 1.165) is 5.56 Å². The standard InChI is InChI=1S/C22H17NO3/c24-20(17-12-6-2-7-13-17)23-19(16-10-4-1-5-11-16)22(23,21(25)26)18-14-8-3-9-15-18/h1-15,19H,(H,25,26)/t19-,22-,23?/m1/s1. The maximum atomic E-state index is 13.1. The van der Waals surface area contributed by atoms with Crippen LogP contribution in [-0.2, 0) is 10.3 Å². The lowest BCUT2D eigenvalue weighted by molar-refractivity contribution is -0.141. The normalized spacial score (nSPS) is 21.2. The average Bonchev–Trinajstić information content (AvgIpc) is 3.41. The van der Waals surface area contributed by atoms with Gasteiger partial charge in [-0.25, -0.2) is 4.79 Å². The Kier molecular flexibility index (Phi) is 3.81. The molecule has 1 N–H and O–H groups in total. The number of carbonyl (C=O) groups excluding carboxylic acids is 1. The fourth-order valence-electron chi connectivity index (χ4n) is 3.65. The second kappa shape index (κ2) is 6.15. The molecule has 3 aromatic carbocycles. The van der Waals surface area contributed by atoms with Crippen molar-refractivity contribution in [3.63, 3.8) is 0 Å². The van der Waals surface area contributed by atoms with Crippen LogP contribution in [0.2, 0.25) is 0 Å². The highest BCUT2D eigenvalue weighted by Crippen LogP contribution is 2.60. The van der Waals surface area contributed by atoms with Gasteiger partial charge < -0.3 is 10.0 Å². The summed E-state index contributed by atoms with van der Waals surface area (Å²) in [5.74, 6) is -1.31. The minimum absolute atomic E-state index is 0.286. The molecule has 0 aromatic heterocycles. The lowest BCUT2D eigenvalue weighted by Gasteiger charge is -2.13. The summed E-state index contributed by atoms with van der Waals surface area (Å²) in [6, 6.07) is 26.5. The molecule has 26 heavy (non-hydrogen) atoms. The van der Waals surface area contributed by atoms with Gasteiger partial charge in [-0.15, -0.1) is 0 Å². The first kappa shape index (κ1) is 16.1. The number of carboxylic acid groups (broad SMARTS) is 1. The van der Waals surface area contributed by atoms with E-state index in [2.05, 4.69) is 0 Å². The Labute approximate surface area is 151 Å². The van der Waals surface area contributed by atoms with Crippen molar-refractivity contribution < 1.29 is 14.7 Å². The Balaban J connectivity index is 1.87. The minimum atomic E-state index is -1.39. The van der Waals surface area contributed by atoms with E-state index >= 15 is 0 Å². The molecule has 1 amide bonds. The van der Waals surface area contributed by atoms with Crippen molar-refractivity contribution in [2.24, 2.45) is 0 Å². The number of amides is 1. The highest BCUT2D eigenvalue weighted by atomic mass is 16.4. The monoisotopic (exact) mass is 343 g/mol. The summed E-state index contributed by atoms with van der Waals surface area (Å²) in [6.45, 7) is 0. The molecular formula is C22H17NO3. The van der Waals surface area contributed by atoms with E-state index in [1.165, 1.54) is 4.90 Å². The van der Waals surface area contributed by atoms with Crippen LogP contribution in [0.1, 0.15) is 27.5 Å². The van der Waals surface area contributed by atoms with E-state index in [1.807, 2.05) is 42.5 Å². The van der Waals surface area contributed by atoms with Gasteiger partial charge in [0.25, 0.3) is 5.91 Å². The first-order valence-corrected chi connectivity index (χ1v) is 8.40. The summed E-state index contributed by atoms with van der Waals surface area (Å²) >= 11 is 0. The highest BCUT2D eigenvalue weighted by Gasteiger charge is 2.72. The van der Waals surface area contributed by atoms with Crippen LogP contribution >= 0.6 is 0 Å². The molecule has 0 radical (unpaired) electrons. The van der Waals surface area contributed by atoms with Crippen LogP contribution in [0.4, 0.5) is 0 Å². The molecule has 0 spiro atoms. The van der Waals surface area contributed by atoms with Crippen LogP contribution in [0.5, 0.6) is 0 Å². The zero-order chi connectivity index (χ0) is 18.1. The molecule has 1 fully saturated rings. The molecule has 1 heterocycles. The van der Waals surface area contributed by atoms with Crippen LogP contribution in [-0.4, -0.2) is 21.9 Å². The highest BCUT2D eigenvalue weighted by molar-refractivity contribution is 6.03. The molecule has 4 rings (SSSR count). The molecule has 0 bridgehead atoms. The smallest absolute Gasteiger partial charge is 0.336 e. The van der Waals surface area contributed by atoms with Crippen LogP contribution in [0, 0.1) is 0 Å². The fourth-order valence-corrected chi connectivity index (χ4v) is 3.65. The number of carbonyl (C=O) groups is 2. The van der Waals surface area contributed by atoms with Gasteiger partial charge >= 0.3 is 5.97 Å². The quantitative estimate of drug-likeness (QED) is 0.732. The van der Waals surface area contributed by atoms with Crippen LogP contribution in [0.25, 0.3) is 0 Å². The summed E-state index contributed by atoms with van der Waals surface area (Å²) in [5, 5.41) is 10.2. The Morgan fingerprint density at radius 3 is 1.81 bits per heavy atom. The molecule has 4 nitrogen and oxygen atoms in total. The lowest BCUT2D eigenvalue weighted by atomic mass is 9.91. The summed E-state index contributed by atoms with van der Waals surface area (Å²) in [4.78, 5) is 27.0. The van der Waals surface area contributed by atoms with Crippen molar-refractivity contribution in [1.82, 2.24) is 4.90 Å². The third-order valence-electron chi connectivity index (χ3n) is 4.86. The molecule has 4 heteroatoms. The molecule has 0 saturated carbocycles. The summed E-state index contributed by atoms with van der Waals surface area (Å²) in [7, 11) is 0. The SMILES string of the molecule is O=C(c1ccccc1)N1[C@H](c2ccccc2)[C@@]1(C(=O)O)c1ccccc1. The molecule has 0 unspecified atom stereocenters. The Morgan fingerprint density at radius 1 is 0.769 bits per heavy atom. The van der Waals surface area contributed by atoms with Gasteiger partial charge in [0.05, 0.1) is 6.04 Å². The topological polar surface area (TPSA) is 57.4 Å². The van der Waals surface area contributed by atoms with Crippen molar-refractivity contribution in [2.75, 3.05) is 0 Å². The summed E-state index contributed by atoms with van der Waals surface area (Å²) in [6.07, 6.45) is 0. The van der Waals surface area contributed by atoms with E-state index < -0.39 is 17.6 Å². The number of hydrogen-bond acceptors (Lipinski definition) is 2. The largest absolute Gasteiger partial charge is 0.479 e. The van der Waals surface area contributed by atoms with E-state index in [0.29, 0.717) is 11.1 Å². The maximum Gasteiger partial charge on any atom is 0.336 e. The van der Waals surface area contributed by atoms with E-state index in [9.17, 15) is 14.7 Å². The third-order valence-corrected chi connectivity index (χ3v) is 4.86.